The number of nitrogens with zero attached hydrogens (tertiary/aromatic N) is 4. The lowest BCUT2D eigenvalue weighted by Gasteiger charge is -2.32. The van der Waals surface area contributed by atoms with Crippen LogP contribution < -0.4 is 10.6 Å². The fraction of sp³-hybridized carbons (Fsp3) is 0.600. The Hall–Kier alpha value is -1.57. The van der Waals surface area contributed by atoms with Crippen LogP contribution in [0.4, 0.5) is 17.5 Å². The Balaban J connectivity index is 2.31. The van der Waals surface area contributed by atoms with Crippen molar-refractivity contribution in [3.63, 3.8) is 0 Å². The van der Waals surface area contributed by atoms with Crippen molar-refractivity contribution < 1.29 is 4.92 Å². The average molecular weight is 269 g/mol. The van der Waals surface area contributed by atoms with Crippen molar-refractivity contribution in [3.8, 4) is 0 Å². The topological polar surface area (TPSA) is 98.2 Å². The normalized spacial score (nSPS) is 19.8. The van der Waals surface area contributed by atoms with Gasteiger partial charge in [-0.3, -0.25) is 10.1 Å². The molecule has 0 amide bonds. The Morgan fingerprint density at radius 3 is 3.17 bits per heavy atom. The van der Waals surface area contributed by atoms with Crippen LogP contribution in [0.15, 0.2) is 6.20 Å². The van der Waals surface area contributed by atoms with Crippen LogP contribution in [0.2, 0.25) is 0 Å². The summed E-state index contributed by atoms with van der Waals surface area (Å²) in [4.78, 5) is 20.2. The fourth-order valence-corrected chi connectivity index (χ4v) is 3.08. The molecule has 98 valence electrons. The van der Waals surface area contributed by atoms with Crippen LogP contribution in [0.3, 0.4) is 0 Å². The van der Waals surface area contributed by atoms with E-state index in [-0.39, 0.29) is 11.6 Å². The van der Waals surface area contributed by atoms with E-state index in [2.05, 4.69) is 16.9 Å². The summed E-state index contributed by atoms with van der Waals surface area (Å²) in [5.41, 5.74) is 5.45. The molecule has 2 N–H and O–H groups in total. The predicted molar refractivity (Wildman–Crippen MR) is 71.8 cm³/mol. The Bertz CT molecular complexity index is 456. The first kappa shape index (κ1) is 12.9. The molecule has 1 aromatic heterocycles. The SMILES string of the molecule is CCC1CN(c2nc(N)ncc2[N+](=O)[O-])CCS1. The molecule has 1 aliphatic rings. The summed E-state index contributed by atoms with van der Waals surface area (Å²) in [6, 6.07) is 0. The van der Waals surface area contributed by atoms with E-state index < -0.39 is 4.92 Å². The Morgan fingerprint density at radius 2 is 2.50 bits per heavy atom. The zero-order valence-electron chi connectivity index (χ0n) is 10.1. The van der Waals surface area contributed by atoms with Gasteiger partial charge in [0.25, 0.3) is 0 Å². The zero-order valence-corrected chi connectivity index (χ0v) is 10.9. The molecule has 1 aromatic rings. The van der Waals surface area contributed by atoms with Crippen LogP contribution >= 0.6 is 11.8 Å². The number of rotatable bonds is 3. The number of hydrogen-bond acceptors (Lipinski definition) is 7. The molecule has 1 unspecified atom stereocenters. The van der Waals surface area contributed by atoms with Crippen LogP contribution in [0, 0.1) is 10.1 Å². The minimum atomic E-state index is -0.461. The van der Waals surface area contributed by atoms with Gasteiger partial charge in [0, 0.05) is 24.1 Å². The molecule has 0 radical (unpaired) electrons. The number of nitrogens with two attached hydrogens (primary N) is 1. The number of thioether (sulfide) groups is 1. The van der Waals surface area contributed by atoms with Crippen LogP contribution in [0.5, 0.6) is 0 Å². The second-order valence-electron chi connectivity index (χ2n) is 4.04. The smallest absolute Gasteiger partial charge is 0.329 e. The molecule has 1 atom stereocenters. The third-order valence-electron chi connectivity index (χ3n) is 2.86. The second-order valence-corrected chi connectivity index (χ2v) is 5.45. The lowest BCUT2D eigenvalue weighted by molar-refractivity contribution is -0.384. The minimum Gasteiger partial charge on any atom is -0.368 e. The molecule has 1 aliphatic heterocycles. The minimum absolute atomic E-state index is 0.0712. The molecule has 8 heteroatoms. The molecule has 18 heavy (non-hydrogen) atoms. The maximum Gasteiger partial charge on any atom is 0.329 e. The van der Waals surface area contributed by atoms with Crippen molar-refractivity contribution in [2.45, 2.75) is 18.6 Å². The van der Waals surface area contributed by atoms with Gasteiger partial charge in [-0.1, -0.05) is 6.92 Å². The molecule has 1 fully saturated rings. The van der Waals surface area contributed by atoms with Crippen molar-refractivity contribution >= 4 is 29.2 Å². The van der Waals surface area contributed by atoms with Crippen molar-refractivity contribution in [2.75, 3.05) is 29.5 Å². The number of hydrogen-bond donors (Lipinski definition) is 1. The lowest BCUT2D eigenvalue weighted by atomic mass is 10.3. The lowest BCUT2D eigenvalue weighted by Crippen LogP contribution is -2.38. The van der Waals surface area contributed by atoms with Crippen LogP contribution in [0.25, 0.3) is 0 Å². The summed E-state index contributed by atoms with van der Waals surface area (Å²) in [7, 11) is 0. The highest BCUT2D eigenvalue weighted by Gasteiger charge is 2.27. The molecule has 1 saturated heterocycles. The third-order valence-corrected chi connectivity index (χ3v) is 4.23. The van der Waals surface area contributed by atoms with E-state index in [0.29, 0.717) is 11.1 Å². The summed E-state index contributed by atoms with van der Waals surface area (Å²) in [5.74, 6) is 1.35. The molecule has 0 aromatic carbocycles. The summed E-state index contributed by atoms with van der Waals surface area (Å²) in [6.45, 7) is 3.63. The third kappa shape index (κ3) is 2.63. The first-order valence-electron chi connectivity index (χ1n) is 5.75. The summed E-state index contributed by atoms with van der Waals surface area (Å²) < 4.78 is 0. The Labute approximate surface area is 109 Å². The Kier molecular flexibility index (Phi) is 3.85. The molecule has 0 spiro atoms. The zero-order chi connectivity index (χ0) is 13.1. The highest BCUT2D eigenvalue weighted by molar-refractivity contribution is 8.00. The number of nitrogen functional groups attached to an aromatic ring is 1. The molecule has 0 saturated carbocycles. The van der Waals surface area contributed by atoms with Crippen LogP contribution in [0.1, 0.15) is 13.3 Å². The van der Waals surface area contributed by atoms with Gasteiger partial charge in [-0.2, -0.15) is 16.7 Å². The average Bonchev–Trinajstić information content (AvgIpc) is 2.38. The van der Waals surface area contributed by atoms with Crippen molar-refractivity contribution in [1.29, 1.82) is 0 Å². The van der Waals surface area contributed by atoms with Gasteiger partial charge in [-0.25, -0.2) is 4.98 Å². The maximum absolute atomic E-state index is 11.0. The van der Waals surface area contributed by atoms with Gasteiger partial charge in [0.15, 0.2) is 0 Å². The van der Waals surface area contributed by atoms with E-state index in [1.807, 2.05) is 16.7 Å². The van der Waals surface area contributed by atoms with Crippen molar-refractivity contribution in [2.24, 2.45) is 0 Å². The van der Waals surface area contributed by atoms with Gasteiger partial charge < -0.3 is 10.6 Å². The van der Waals surface area contributed by atoms with Gasteiger partial charge in [0.05, 0.1) is 4.92 Å². The van der Waals surface area contributed by atoms with E-state index in [0.717, 1.165) is 25.3 Å². The molecule has 2 rings (SSSR count). The molecule has 2 heterocycles. The predicted octanol–water partition coefficient (Wildman–Crippen LogP) is 1.30. The van der Waals surface area contributed by atoms with E-state index >= 15 is 0 Å². The van der Waals surface area contributed by atoms with Gasteiger partial charge in [0.2, 0.25) is 11.8 Å². The number of nitro groups is 1. The molecular formula is C10H15N5O2S. The largest absolute Gasteiger partial charge is 0.368 e. The quantitative estimate of drug-likeness (QED) is 0.652. The Morgan fingerprint density at radius 1 is 1.72 bits per heavy atom. The molecular weight excluding hydrogens is 254 g/mol. The molecule has 7 nitrogen and oxygen atoms in total. The van der Waals surface area contributed by atoms with Crippen LogP contribution in [-0.4, -0.2) is 39.0 Å². The number of aromatic nitrogens is 2. The fourth-order valence-electron chi connectivity index (χ4n) is 1.90. The van der Waals surface area contributed by atoms with E-state index in [1.54, 1.807) is 0 Å². The number of anilines is 2. The highest BCUT2D eigenvalue weighted by Crippen LogP contribution is 2.30. The van der Waals surface area contributed by atoms with Crippen molar-refractivity contribution in [3.05, 3.63) is 16.3 Å². The maximum atomic E-state index is 11.0. The summed E-state index contributed by atoms with van der Waals surface area (Å²) in [5, 5.41) is 11.5. The van der Waals surface area contributed by atoms with Gasteiger partial charge in [0.1, 0.15) is 6.20 Å². The first-order chi connectivity index (χ1) is 8.61. The van der Waals surface area contributed by atoms with Gasteiger partial charge in [-0.05, 0) is 6.42 Å². The summed E-state index contributed by atoms with van der Waals surface area (Å²) in [6.07, 6.45) is 2.22. The standard InChI is InChI=1S/C10H15N5O2S/c1-2-7-6-14(3-4-18-7)9-8(15(16)17)5-12-10(11)13-9/h5,7H,2-4,6H2,1H3,(H2,11,12,13). The monoisotopic (exact) mass is 269 g/mol. The van der Waals surface area contributed by atoms with Crippen LogP contribution in [-0.2, 0) is 0 Å². The second kappa shape index (κ2) is 5.38. The van der Waals surface area contributed by atoms with E-state index in [9.17, 15) is 10.1 Å². The van der Waals surface area contributed by atoms with Gasteiger partial charge in [-0.15, -0.1) is 0 Å². The van der Waals surface area contributed by atoms with Crippen molar-refractivity contribution in [1.82, 2.24) is 9.97 Å². The first-order valence-corrected chi connectivity index (χ1v) is 6.80. The summed E-state index contributed by atoms with van der Waals surface area (Å²) >= 11 is 1.89. The molecule has 0 aliphatic carbocycles. The van der Waals surface area contributed by atoms with E-state index in [1.165, 1.54) is 6.20 Å². The van der Waals surface area contributed by atoms with E-state index in [4.69, 9.17) is 5.73 Å². The molecule has 0 bridgehead atoms. The van der Waals surface area contributed by atoms with Gasteiger partial charge >= 0.3 is 5.69 Å². The highest BCUT2D eigenvalue weighted by atomic mass is 32.2.